The lowest BCUT2D eigenvalue weighted by atomic mass is 10.2. The Morgan fingerprint density at radius 3 is 2.46 bits per heavy atom. The van der Waals surface area contributed by atoms with Gasteiger partial charge in [0.25, 0.3) is 0 Å². The van der Waals surface area contributed by atoms with Crippen molar-refractivity contribution < 1.29 is 14.3 Å². The Morgan fingerprint density at radius 1 is 0.964 bits per heavy atom. The minimum absolute atomic E-state index is 0.576. The molecule has 2 aromatic carbocycles. The van der Waals surface area contributed by atoms with Gasteiger partial charge in [-0.3, -0.25) is 4.98 Å². The summed E-state index contributed by atoms with van der Waals surface area (Å²) in [6.07, 6.45) is 4.64. The monoisotopic (exact) mass is 397 g/mol. The molecule has 2 amide bonds. The van der Waals surface area contributed by atoms with Crippen LogP contribution in [0.25, 0.3) is 10.9 Å². The molecule has 3 aromatic rings. The topological polar surface area (TPSA) is 77.7 Å². The zero-order valence-electron chi connectivity index (χ0n) is 15.5. The predicted molar refractivity (Wildman–Crippen MR) is 114 cm³/mol. The number of rotatable bonds is 9. The predicted octanol–water partition coefficient (Wildman–Crippen LogP) is 4.59. The van der Waals surface area contributed by atoms with Crippen LogP contribution in [0.5, 0.6) is 11.5 Å². The number of amides is 2. The zero-order chi connectivity index (χ0) is 19.8. The van der Waals surface area contributed by atoms with E-state index in [2.05, 4.69) is 17.8 Å². The molecule has 0 saturated heterocycles. The molecule has 7 heteroatoms. The number of aromatic nitrogens is 1. The lowest BCUT2D eigenvalue weighted by Gasteiger charge is -2.14. The zero-order valence-corrected chi connectivity index (χ0v) is 16.3. The lowest BCUT2D eigenvalue weighted by molar-refractivity contribution is 0.257. The molecule has 1 aromatic heterocycles. The van der Waals surface area contributed by atoms with Crippen molar-refractivity contribution in [2.24, 2.45) is 5.73 Å². The maximum atomic E-state index is 11.2. The number of nitrogens with two attached hydrogens (primary N) is 1. The van der Waals surface area contributed by atoms with Gasteiger partial charge in [-0.15, -0.1) is 0 Å². The molecule has 28 heavy (non-hydrogen) atoms. The summed E-state index contributed by atoms with van der Waals surface area (Å²) in [5.74, 6) is 1.54. The Bertz CT molecular complexity index is 935. The van der Waals surface area contributed by atoms with Crippen LogP contribution in [0.2, 0.25) is 0 Å². The minimum Gasteiger partial charge on any atom is -0.494 e. The van der Waals surface area contributed by atoms with Crippen LogP contribution >= 0.6 is 12.8 Å². The van der Waals surface area contributed by atoms with Gasteiger partial charge >= 0.3 is 6.03 Å². The molecule has 2 N–H and O–H groups in total. The standard InChI is InChI=1S/C21H23N3O3S/c22-21(25)24(28)17-7-4-8-18(15-17)26-12-2-1-3-13-27-19-9-10-20-16(14-19)6-5-11-23-20/h4-11,14-15,28H,1-3,12-13H2,(H2,22,25). The van der Waals surface area contributed by atoms with Crippen LogP contribution in [-0.4, -0.2) is 24.2 Å². The van der Waals surface area contributed by atoms with Crippen molar-refractivity contribution in [1.82, 2.24) is 4.98 Å². The highest BCUT2D eigenvalue weighted by Gasteiger charge is 2.08. The Morgan fingerprint density at radius 2 is 1.71 bits per heavy atom. The second-order valence-electron chi connectivity index (χ2n) is 6.26. The number of carbonyl (C=O) groups is 1. The van der Waals surface area contributed by atoms with E-state index in [4.69, 9.17) is 15.2 Å². The van der Waals surface area contributed by atoms with E-state index in [0.29, 0.717) is 24.7 Å². The first-order chi connectivity index (χ1) is 13.6. The molecule has 0 radical (unpaired) electrons. The second-order valence-corrected chi connectivity index (χ2v) is 6.66. The molecule has 0 spiro atoms. The Labute approximate surface area is 169 Å². The number of unbranched alkanes of at least 4 members (excludes halogenated alkanes) is 2. The number of urea groups is 1. The SMILES string of the molecule is NC(=O)N(S)c1cccc(OCCCCCOc2ccc3ncccc3c2)c1. The quantitative estimate of drug-likeness (QED) is 0.409. The number of pyridine rings is 1. The molecule has 0 unspecified atom stereocenters. The van der Waals surface area contributed by atoms with E-state index in [1.807, 2.05) is 36.4 Å². The Hall–Kier alpha value is -2.93. The van der Waals surface area contributed by atoms with E-state index in [1.54, 1.807) is 24.4 Å². The molecule has 0 aliphatic heterocycles. The number of nitrogens with zero attached hydrogens (tertiary/aromatic N) is 2. The average molecular weight is 398 g/mol. The number of anilines is 1. The molecular weight excluding hydrogens is 374 g/mol. The van der Waals surface area contributed by atoms with Crippen LogP contribution in [0.3, 0.4) is 0 Å². The summed E-state index contributed by atoms with van der Waals surface area (Å²) in [5, 5.41) is 1.08. The summed E-state index contributed by atoms with van der Waals surface area (Å²) in [7, 11) is 0. The third-order valence-electron chi connectivity index (χ3n) is 4.17. The van der Waals surface area contributed by atoms with Crippen LogP contribution in [0.1, 0.15) is 19.3 Å². The summed E-state index contributed by atoms with van der Waals surface area (Å²) in [4.78, 5) is 15.5. The number of thiol groups is 1. The van der Waals surface area contributed by atoms with E-state index in [0.717, 1.165) is 40.2 Å². The smallest absolute Gasteiger partial charge is 0.329 e. The van der Waals surface area contributed by atoms with E-state index in [1.165, 1.54) is 0 Å². The largest absolute Gasteiger partial charge is 0.494 e. The highest BCUT2D eigenvalue weighted by atomic mass is 32.1. The van der Waals surface area contributed by atoms with Crippen molar-refractivity contribution in [1.29, 1.82) is 0 Å². The third-order valence-corrected chi connectivity index (χ3v) is 4.60. The molecule has 0 aliphatic rings. The van der Waals surface area contributed by atoms with Crippen LogP contribution in [0, 0.1) is 0 Å². The molecule has 0 aliphatic carbocycles. The summed E-state index contributed by atoms with van der Waals surface area (Å²) < 4.78 is 12.6. The first kappa shape index (κ1) is 19.8. The van der Waals surface area contributed by atoms with Gasteiger partial charge in [-0.2, -0.15) is 0 Å². The number of ether oxygens (including phenoxy) is 2. The van der Waals surface area contributed by atoms with Gasteiger partial charge < -0.3 is 15.2 Å². The first-order valence-corrected chi connectivity index (χ1v) is 9.52. The summed E-state index contributed by atoms with van der Waals surface area (Å²) in [6.45, 7) is 1.25. The number of hydrogen-bond donors (Lipinski definition) is 2. The molecule has 6 nitrogen and oxygen atoms in total. The van der Waals surface area contributed by atoms with Crippen molar-refractivity contribution in [2.45, 2.75) is 19.3 Å². The van der Waals surface area contributed by atoms with Gasteiger partial charge in [-0.05, 0) is 55.7 Å². The fraction of sp³-hybridized carbons (Fsp3) is 0.238. The molecule has 0 atom stereocenters. The van der Waals surface area contributed by atoms with Crippen molar-refractivity contribution >= 4 is 35.4 Å². The van der Waals surface area contributed by atoms with E-state index in [9.17, 15) is 4.79 Å². The highest BCUT2D eigenvalue weighted by Crippen LogP contribution is 2.23. The summed E-state index contributed by atoms with van der Waals surface area (Å²) in [5.41, 5.74) is 6.75. The van der Waals surface area contributed by atoms with E-state index < -0.39 is 6.03 Å². The molecule has 146 valence electrons. The molecule has 0 saturated carbocycles. The van der Waals surface area contributed by atoms with Crippen LogP contribution in [0.15, 0.2) is 60.8 Å². The van der Waals surface area contributed by atoms with Gasteiger partial charge in [0.15, 0.2) is 0 Å². The van der Waals surface area contributed by atoms with E-state index >= 15 is 0 Å². The minimum atomic E-state index is -0.636. The van der Waals surface area contributed by atoms with Crippen LogP contribution < -0.4 is 19.5 Å². The Kier molecular flexibility index (Phi) is 6.97. The van der Waals surface area contributed by atoms with E-state index in [-0.39, 0.29) is 0 Å². The number of benzene rings is 2. The first-order valence-electron chi connectivity index (χ1n) is 9.12. The van der Waals surface area contributed by atoms with Gasteiger partial charge in [0.05, 0.1) is 24.4 Å². The van der Waals surface area contributed by atoms with Gasteiger partial charge in [0, 0.05) is 17.6 Å². The summed E-state index contributed by atoms with van der Waals surface area (Å²) in [6, 6.07) is 16.3. The van der Waals surface area contributed by atoms with Gasteiger partial charge in [0.2, 0.25) is 0 Å². The molecular formula is C21H23N3O3S. The van der Waals surface area contributed by atoms with Crippen LogP contribution in [0.4, 0.5) is 10.5 Å². The lowest BCUT2D eigenvalue weighted by Crippen LogP contribution is -2.27. The third kappa shape index (κ3) is 5.53. The molecule has 1 heterocycles. The fourth-order valence-electron chi connectivity index (χ4n) is 2.74. The van der Waals surface area contributed by atoms with Gasteiger partial charge in [0.1, 0.15) is 11.5 Å². The molecule has 0 fully saturated rings. The van der Waals surface area contributed by atoms with Crippen molar-refractivity contribution in [3.8, 4) is 11.5 Å². The Balaban J connectivity index is 1.35. The number of primary amides is 1. The van der Waals surface area contributed by atoms with Gasteiger partial charge in [-0.25, -0.2) is 9.10 Å². The summed E-state index contributed by atoms with van der Waals surface area (Å²) >= 11 is 4.05. The van der Waals surface area contributed by atoms with Crippen molar-refractivity contribution in [3.63, 3.8) is 0 Å². The van der Waals surface area contributed by atoms with Crippen molar-refractivity contribution in [2.75, 3.05) is 17.5 Å². The van der Waals surface area contributed by atoms with Crippen LogP contribution in [-0.2, 0) is 0 Å². The normalized spacial score (nSPS) is 10.6. The number of hydrogen-bond acceptors (Lipinski definition) is 5. The number of carbonyl (C=O) groups excluding carboxylic acids is 1. The number of fused-ring (bicyclic) bond motifs is 1. The maximum Gasteiger partial charge on any atom is 0.329 e. The maximum absolute atomic E-state index is 11.2. The fourth-order valence-corrected chi connectivity index (χ4v) is 2.86. The second kappa shape index (κ2) is 9.85. The molecule has 0 bridgehead atoms. The van der Waals surface area contributed by atoms with Crippen molar-refractivity contribution in [3.05, 3.63) is 60.8 Å². The average Bonchev–Trinajstić information content (AvgIpc) is 2.72. The molecule has 3 rings (SSSR count). The highest BCUT2D eigenvalue weighted by molar-refractivity contribution is 7.82. The van der Waals surface area contributed by atoms with Gasteiger partial charge in [-0.1, -0.05) is 24.9 Å².